The SMILES string of the molecule is CNCCN(C)C(=O)CC(C)(C)c1ccc(C)cc1.Cl. The fraction of sp³-hybridized carbons (Fsp3) is 0.562. The van der Waals surface area contributed by atoms with Crippen LogP contribution < -0.4 is 5.32 Å². The van der Waals surface area contributed by atoms with Crippen LogP contribution in [0.5, 0.6) is 0 Å². The molecule has 0 bridgehead atoms. The van der Waals surface area contributed by atoms with Gasteiger partial charge in [-0.1, -0.05) is 43.7 Å². The Bertz CT molecular complexity index is 415. The van der Waals surface area contributed by atoms with Crippen LogP contribution in [0, 0.1) is 6.92 Å². The van der Waals surface area contributed by atoms with Crippen LogP contribution in [0.25, 0.3) is 0 Å². The molecule has 0 atom stereocenters. The highest BCUT2D eigenvalue weighted by molar-refractivity contribution is 5.85. The van der Waals surface area contributed by atoms with E-state index in [9.17, 15) is 4.79 Å². The van der Waals surface area contributed by atoms with Crippen molar-refractivity contribution < 1.29 is 4.79 Å². The number of likely N-dealkylation sites (N-methyl/N-ethyl adjacent to an activating group) is 2. The number of halogens is 1. The molecule has 0 saturated carbocycles. The largest absolute Gasteiger partial charge is 0.344 e. The lowest BCUT2D eigenvalue weighted by Crippen LogP contribution is -2.36. The Kier molecular flexibility index (Phi) is 7.84. The van der Waals surface area contributed by atoms with Crippen LogP contribution in [0.2, 0.25) is 0 Å². The van der Waals surface area contributed by atoms with Crippen LogP contribution in [0.1, 0.15) is 31.4 Å². The molecule has 1 aromatic rings. The lowest BCUT2D eigenvalue weighted by atomic mass is 9.81. The number of rotatable bonds is 6. The van der Waals surface area contributed by atoms with E-state index in [0.29, 0.717) is 6.42 Å². The third kappa shape index (κ3) is 5.51. The van der Waals surface area contributed by atoms with Gasteiger partial charge in [0, 0.05) is 26.6 Å². The average molecular weight is 299 g/mol. The fourth-order valence-corrected chi connectivity index (χ4v) is 2.02. The molecule has 0 radical (unpaired) electrons. The summed E-state index contributed by atoms with van der Waals surface area (Å²) in [7, 11) is 3.76. The second-order valence-electron chi connectivity index (χ2n) is 5.85. The van der Waals surface area contributed by atoms with Crippen molar-refractivity contribution in [3.8, 4) is 0 Å². The second kappa shape index (κ2) is 8.28. The minimum absolute atomic E-state index is 0. The summed E-state index contributed by atoms with van der Waals surface area (Å²) in [6.07, 6.45) is 0.538. The summed E-state index contributed by atoms with van der Waals surface area (Å²) in [6.45, 7) is 7.91. The Morgan fingerprint density at radius 3 is 2.30 bits per heavy atom. The molecule has 0 spiro atoms. The van der Waals surface area contributed by atoms with Gasteiger partial charge in [0.05, 0.1) is 0 Å². The van der Waals surface area contributed by atoms with E-state index < -0.39 is 0 Å². The predicted molar refractivity (Wildman–Crippen MR) is 87.6 cm³/mol. The Morgan fingerprint density at radius 1 is 1.25 bits per heavy atom. The van der Waals surface area contributed by atoms with Crippen molar-refractivity contribution in [3.63, 3.8) is 0 Å². The molecule has 0 aliphatic rings. The number of carbonyl (C=O) groups excluding carboxylic acids is 1. The molecule has 20 heavy (non-hydrogen) atoms. The summed E-state index contributed by atoms with van der Waals surface area (Å²) in [5.74, 6) is 0.195. The maximum atomic E-state index is 12.2. The van der Waals surface area contributed by atoms with E-state index in [1.165, 1.54) is 11.1 Å². The van der Waals surface area contributed by atoms with Gasteiger partial charge in [0.1, 0.15) is 0 Å². The summed E-state index contributed by atoms with van der Waals surface area (Å²) in [4.78, 5) is 14.0. The minimum Gasteiger partial charge on any atom is -0.344 e. The van der Waals surface area contributed by atoms with E-state index in [0.717, 1.165) is 13.1 Å². The summed E-state index contributed by atoms with van der Waals surface area (Å²) in [5, 5.41) is 3.06. The molecular formula is C16H27ClN2O. The summed E-state index contributed by atoms with van der Waals surface area (Å²) in [5.41, 5.74) is 2.34. The van der Waals surface area contributed by atoms with Crippen LogP contribution in [0.3, 0.4) is 0 Å². The van der Waals surface area contributed by atoms with E-state index >= 15 is 0 Å². The van der Waals surface area contributed by atoms with Crippen LogP contribution in [0.15, 0.2) is 24.3 Å². The summed E-state index contributed by atoms with van der Waals surface area (Å²) < 4.78 is 0. The molecule has 1 N–H and O–H groups in total. The molecule has 0 heterocycles. The van der Waals surface area contributed by atoms with E-state index in [1.807, 2.05) is 14.1 Å². The number of carbonyl (C=O) groups is 1. The predicted octanol–water partition coefficient (Wildman–Crippen LogP) is 2.76. The average Bonchev–Trinajstić information content (AvgIpc) is 2.35. The zero-order valence-corrected chi connectivity index (χ0v) is 14.0. The van der Waals surface area contributed by atoms with Gasteiger partial charge >= 0.3 is 0 Å². The van der Waals surface area contributed by atoms with E-state index in [1.54, 1.807) is 4.90 Å². The number of hydrogen-bond acceptors (Lipinski definition) is 2. The molecule has 1 rings (SSSR count). The molecule has 0 aliphatic carbocycles. The van der Waals surface area contributed by atoms with Gasteiger partial charge in [0.2, 0.25) is 5.91 Å². The van der Waals surface area contributed by atoms with Crippen molar-refractivity contribution in [3.05, 3.63) is 35.4 Å². The quantitative estimate of drug-likeness (QED) is 0.876. The molecule has 1 aromatic carbocycles. The number of amides is 1. The molecule has 0 aromatic heterocycles. The smallest absolute Gasteiger partial charge is 0.223 e. The standard InChI is InChI=1S/C16H26N2O.ClH/c1-13-6-8-14(9-7-13)16(2,3)12-15(19)18(5)11-10-17-4;/h6-9,17H,10-12H2,1-5H3;1H. The van der Waals surface area contributed by atoms with Gasteiger partial charge in [-0.25, -0.2) is 0 Å². The Morgan fingerprint density at radius 2 is 1.80 bits per heavy atom. The van der Waals surface area contributed by atoms with E-state index in [-0.39, 0.29) is 23.7 Å². The lowest BCUT2D eigenvalue weighted by molar-refractivity contribution is -0.130. The Balaban J connectivity index is 0.00000361. The van der Waals surface area contributed by atoms with Crippen LogP contribution in [-0.4, -0.2) is 38.0 Å². The number of hydrogen-bond donors (Lipinski definition) is 1. The maximum Gasteiger partial charge on any atom is 0.223 e. The number of nitrogens with one attached hydrogen (secondary N) is 1. The van der Waals surface area contributed by atoms with Gasteiger partial charge < -0.3 is 10.2 Å². The first-order valence-electron chi connectivity index (χ1n) is 6.82. The zero-order valence-electron chi connectivity index (χ0n) is 13.2. The zero-order chi connectivity index (χ0) is 14.5. The fourth-order valence-electron chi connectivity index (χ4n) is 2.02. The third-order valence-electron chi connectivity index (χ3n) is 3.55. The second-order valence-corrected chi connectivity index (χ2v) is 5.85. The van der Waals surface area contributed by atoms with E-state index in [4.69, 9.17) is 0 Å². The third-order valence-corrected chi connectivity index (χ3v) is 3.55. The molecule has 3 nitrogen and oxygen atoms in total. The molecule has 0 aliphatic heterocycles. The first-order valence-corrected chi connectivity index (χ1v) is 6.82. The Hall–Kier alpha value is -1.06. The molecule has 114 valence electrons. The number of benzene rings is 1. The molecule has 4 heteroatoms. The first kappa shape index (κ1) is 18.9. The topological polar surface area (TPSA) is 32.3 Å². The van der Waals surface area contributed by atoms with Crippen molar-refractivity contribution in [1.29, 1.82) is 0 Å². The van der Waals surface area contributed by atoms with Gasteiger partial charge in [-0.05, 0) is 24.9 Å². The molecule has 0 saturated heterocycles. The molecule has 1 amide bonds. The van der Waals surface area contributed by atoms with Gasteiger partial charge in [0.15, 0.2) is 0 Å². The molecule has 0 unspecified atom stereocenters. The van der Waals surface area contributed by atoms with Crippen LogP contribution in [-0.2, 0) is 10.2 Å². The van der Waals surface area contributed by atoms with Crippen molar-refractivity contribution in [1.82, 2.24) is 10.2 Å². The minimum atomic E-state index is -0.126. The highest BCUT2D eigenvalue weighted by atomic mass is 35.5. The van der Waals surface area contributed by atoms with Gasteiger partial charge in [0.25, 0.3) is 0 Å². The van der Waals surface area contributed by atoms with Crippen molar-refractivity contribution in [2.24, 2.45) is 0 Å². The normalized spacial score (nSPS) is 10.8. The van der Waals surface area contributed by atoms with E-state index in [2.05, 4.69) is 50.4 Å². The Labute approximate surface area is 129 Å². The van der Waals surface area contributed by atoms with Gasteiger partial charge in [-0.2, -0.15) is 0 Å². The first-order chi connectivity index (χ1) is 8.86. The van der Waals surface area contributed by atoms with Crippen molar-refractivity contribution in [2.45, 2.75) is 32.6 Å². The van der Waals surface area contributed by atoms with Crippen LogP contribution in [0.4, 0.5) is 0 Å². The number of nitrogens with zero attached hydrogens (tertiary/aromatic N) is 1. The van der Waals surface area contributed by atoms with Gasteiger partial charge in [-0.3, -0.25) is 4.79 Å². The summed E-state index contributed by atoms with van der Waals surface area (Å²) >= 11 is 0. The maximum absolute atomic E-state index is 12.2. The highest BCUT2D eigenvalue weighted by Crippen LogP contribution is 2.27. The monoisotopic (exact) mass is 298 g/mol. The van der Waals surface area contributed by atoms with Crippen LogP contribution >= 0.6 is 12.4 Å². The van der Waals surface area contributed by atoms with Crippen molar-refractivity contribution >= 4 is 18.3 Å². The molecular weight excluding hydrogens is 272 g/mol. The lowest BCUT2D eigenvalue weighted by Gasteiger charge is -2.27. The highest BCUT2D eigenvalue weighted by Gasteiger charge is 2.25. The van der Waals surface area contributed by atoms with Crippen molar-refractivity contribution in [2.75, 3.05) is 27.2 Å². The molecule has 0 fully saturated rings. The summed E-state index contributed by atoms with van der Waals surface area (Å²) in [6, 6.07) is 8.45. The number of aryl methyl sites for hydroxylation is 1. The van der Waals surface area contributed by atoms with Gasteiger partial charge in [-0.15, -0.1) is 12.4 Å².